The standard InChI is InChI=1S/C20H26N2O2/c1-16(2)12-13-24-19-10-8-18(9-11-19)21-15-20(23)22-14-17-6-4-3-5-7-17/h3-11,16,21H,12-15H2,1-2H3,(H,22,23). The zero-order chi connectivity index (χ0) is 17.2. The van der Waals surface area contributed by atoms with Crippen LogP contribution >= 0.6 is 0 Å². The third kappa shape index (κ3) is 6.73. The maximum atomic E-state index is 11.9. The van der Waals surface area contributed by atoms with E-state index in [2.05, 4.69) is 24.5 Å². The van der Waals surface area contributed by atoms with E-state index in [1.807, 2.05) is 54.6 Å². The Balaban J connectivity index is 1.68. The number of ether oxygens (including phenoxy) is 1. The third-order valence-electron chi connectivity index (χ3n) is 3.60. The monoisotopic (exact) mass is 326 g/mol. The normalized spacial score (nSPS) is 10.5. The van der Waals surface area contributed by atoms with Crippen LogP contribution in [0.4, 0.5) is 5.69 Å². The molecule has 0 unspecified atom stereocenters. The van der Waals surface area contributed by atoms with Gasteiger partial charge in [-0.2, -0.15) is 0 Å². The molecule has 0 heterocycles. The lowest BCUT2D eigenvalue weighted by Crippen LogP contribution is -2.29. The number of nitrogens with one attached hydrogen (secondary N) is 2. The van der Waals surface area contributed by atoms with Crippen LogP contribution in [0.3, 0.4) is 0 Å². The summed E-state index contributed by atoms with van der Waals surface area (Å²) in [5.74, 6) is 1.46. The van der Waals surface area contributed by atoms with E-state index in [-0.39, 0.29) is 12.5 Å². The van der Waals surface area contributed by atoms with Gasteiger partial charge in [-0.15, -0.1) is 0 Å². The van der Waals surface area contributed by atoms with Crippen molar-refractivity contribution in [3.8, 4) is 5.75 Å². The second kappa shape index (κ2) is 9.60. The van der Waals surface area contributed by atoms with Crippen molar-refractivity contribution in [3.63, 3.8) is 0 Å². The zero-order valence-electron chi connectivity index (χ0n) is 14.4. The average molecular weight is 326 g/mol. The van der Waals surface area contributed by atoms with Crippen LogP contribution in [0.1, 0.15) is 25.8 Å². The molecule has 2 rings (SSSR count). The van der Waals surface area contributed by atoms with E-state index < -0.39 is 0 Å². The third-order valence-corrected chi connectivity index (χ3v) is 3.60. The molecule has 0 bridgehead atoms. The van der Waals surface area contributed by atoms with Crippen molar-refractivity contribution in [2.75, 3.05) is 18.5 Å². The molecule has 4 nitrogen and oxygen atoms in total. The molecule has 0 fully saturated rings. The maximum absolute atomic E-state index is 11.9. The number of carbonyl (C=O) groups excluding carboxylic acids is 1. The first-order valence-electron chi connectivity index (χ1n) is 8.41. The van der Waals surface area contributed by atoms with Gasteiger partial charge in [-0.1, -0.05) is 44.2 Å². The second-order valence-corrected chi connectivity index (χ2v) is 6.17. The lowest BCUT2D eigenvalue weighted by Gasteiger charge is -2.10. The van der Waals surface area contributed by atoms with E-state index in [0.717, 1.165) is 30.0 Å². The highest BCUT2D eigenvalue weighted by Crippen LogP contribution is 2.16. The lowest BCUT2D eigenvalue weighted by molar-refractivity contribution is -0.119. The Labute approximate surface area is 144 Å². The van der Waals surface area contributed by atoms with E-state index in [4.69, 9.17) is 4.74 Å². The number of hydrogen-bond donors (Lipinski definition) is 2. The Bertz CT molecular complexity index is 609. The molecule has 128 valence electrons. The fourth-order valence-electron chi connectivity index (χ4n) is 2.12. The first kappa shape index (κ1) is 17.9. The first-order chi connectivity index (χ1) is 11.6. The van der Waals surface area contributed by atoms with Crippen molar-refractivity contribution in [2.24, 2.45) is 5.92 Å². The Morgan fingerprint density at radius 1 is 1.04 bits per heavy atom. The quantitative estimate of drug-likeness (QED) is 0.736. The molecule has 0 aliphatic rings. The van der Waals surface area contributed by atoms with Crippen molar-refractivity contribution in [3.05, 3.63) is 60.2 Å². The summed E-state index contributed by atoms with van der Waals surface area (Å²) in [5.41, 5.74) is 2.00. The van der Waals surface area contributed by atoms with E-state index in [0.29, 0.717) is 12.5 Å². The second-order valence-electron chi connectivity index (χ2n) is 6.17. The van der Waals surface area contributed by atoms with Crippen LogP contribution in [0.2, 0.25) is 0 Å². The van der Waals surface area contributed by atoms with Crippen molar-refractivity contribution >= 4 is 11.6 Å². The summed E-state index contributed by atoms with van der Waals surface area (Å²) in [5, 5.41) is 6.01. The lowest BCUT2D eigenvalue weighted by atomic mass is 10.1. The van der Waals surface area contributed by atoms with Gasteiger partial charge in [0.05, 0.1) is 13.2 Å². The van der Waals surface area contributed by atoms with Gasteiger partial charge in [-0.25, -0.2) is 0 Å². The topological polar surface area (TPSA) is 50.4 Å². The van der Waals surface area contributed by atoms with E-state index in [1.54, 1.807) is 0 Å². The molecule has 0 radical (unpaired) electrons. The fourth-order valence-corrected chi connectivity index (χ4v) is 2.12. The molecule has 4 heteroatoms. The smallest absolute Gasteiger partial charge is 0.239 e. The zero-order valence-corrected chi connectivity index (χ0v) is 14.4. The van der Waals surface area contributed by atoms with Crippen molar-refractivity contribution in [1.82, 2.24) is 5.32 Å². The van der Waals surface area contributed by atoms with Crippen LogP contribution in [0, 0.1) is 5.92 Å². The minimum Gasteiger partial charge on any atom is -0.494 e. The van der Waals surface area contributed by atoms with Crippen molar-refractivity contribution in [1.29, 1.82) is 0 Å². The molecule has 2 aromatic rings. The minimum atomic E-state index is -0.0314. The predicted molar refractivity (Wildman–Crippen MR) is 98.2 cm³/mol. The summed E-state index contributed by atoms with van der Waals surface area (Å²) in [7, 11) is 0. The first-order valence-corrected chi connectivity index (χ1v) is 8.41. The molecule has 1 amide bonds. The summed E-state index contributed by atoms with van der Waals surface area (Å²) >= 11 is 0. The van der Waals surface area contributed by atoms with Crippen molar-refractivity contribution < 1.29 is 9.53 Å². The summed E-state index contributed by atoms with van der Waals surface area (Å²) < 4.78 is 5.68. The molecule has 0 saturated heterocycles. The number of amides is 1. The molecule has 0 aromatic heterocycles. The summed E-state index contributed by atoms with van der Waals surface area (Å²) in [4.78, 5) is 11.9. The van der Waals surface area contributed by atoms with Gasteiger partial charge in [0.25, 0.3) is 0 Å². The number of hydrogen-bond acceptors (Lipinski definition) is 3. The average Bonchev–Trinajstić information content (AvgIpc) is 2.60. The van der Waals surface area contributed by atoms with Gasteiger partial charge in [-0.3, -0.25) is 4.79 Å². The highest BCUT2D eigenvalue weighted by molar-refractivity contribution is 5.80. The van der Waals surface area contributed by atoms with E-state index in [1.165, 1.54) is 0 Å². The number of anilines is 1. The Morgan fingerprint density at radius 2 is 1.75 bits per heavy atom. The summed E-state index contributed by atoms with van der Waals surface area (Å²) in [6.45, 7) is 5.88. The molecule has 0 aliphatic carbocycles. The maximum Gasteiger partial charge on any atom is 0.239 e. The van der Waals surface area contributed by atoms with Crippen molar-refractivity contribution in [2.45, 2.75) is 26.8 Å². The van der Waals surface area contributed by atoms with E-state index >= 15 is 0 Å². The SMILES string of the molecule is CC(C)CCOc1ccc(NCC(=O)NCc2ccccc2)cc1. The highest BCUT2D eigenvalue weighted by atomic mass is 16.5. The number of carbonyl (C=O) groups is 1. The summed E-state index contributed by atoms with van der Waals surface area (Å²) in [6, 6.07) is 17.6. The molecule has 0 atom stereocenters. The van der Waals surface area contributed by atoms with Gasteiger partial charge in [0.15, 0.2) is 0 Å². The summed E-state index contributed by atoms with van der Waals surface area (Å²) in [6.07, 6.45) is 1.04. The van der Waals surface area contributed by atoms with Crippen LogP contribution in [0.15, 0.2) is 54.6 Å². The Hall–Kier alpha value is -2.49. The van der Waals surface area contributed by atoms with Crippen LogP contribution in [-0.2, 0) is 11.3 Å². The highest BCUT2D eigenvalue weighted by Gasteiger charge is 2.02. The predicted octanol–water partition coefficient (Wildman–Crippen LogP) is 3.84. The molecule has 0 spiro atoms. The van der Waals surface area contributed by atoms with Gasteiger partial charge < -0.3 is 15.4 Å². The number of rotatable bonds is 9. The van der Waals surface area contributed by atoms with Gasteiger partial charge in [0, 0.05) is 12.2 Å². The molecule has 0 aliphatic heterocycles. The van der Waals surface area contributed by atoms with Gasteiger partial charge in [0.1, 0.15) is 5.75 Å². The molecule has 0 saturated carbocycles. The molecule has 24 heavy (non-hydrogen) atoms. The number of benzene rings is 2. The molecule has 2 N–H and O–H groups in total. The Morgan fingerprint density at radius 3 is 2.42 bits per heavy atom. The largest absolute Gasteiger partial charge is 0.494 e. The fraction of sp³-hybridized carbons (Fsp3) is 0.350. The minimum absolute atomic E-state index is 0.0314. The molecular formula is C20H26N2O2. The van der Waals surface area contributed by atoms with Gasteiger partial charge >= 0.3 is 0 Å². The molecule has 2 aromatic carbocycles. The molecular weight excluding hydrogens is 300 g/mol. The van der Waals surface area contributed by atoms with Gasteiger partial charge in [0.2, 0.25) is 5.91 Å². The van der Waals surface area contributed by atoms with Crippen LogP contribution < -0.4 is 15.4 Å². The van der Waals surface area contributed by atoms with Crippen LogP contribution in [0.25, 0.3) is 0 Å². The van der Waals surface area contributed by atoms with Crippen LogP contribution in [-0.4, -0.2) is 19.1 Å². The van der Waals surface area contributed by atoms with Gasteiger partial charge in [-0.05, 0) is 42.2 Å². The Kier molecular flexibility index (Phi) is 7.15. The van der Waals surface area contributed by atoms with E-state index in [9.17, 15) is 4.79 Å². The van der Waals surface area contributed by atoms with Crippen LogP contribution in [0.5, 0.6) is 5.75 Å².